The second kappa shape index (κ2) is 9.05. The molecule has 1 aromatic heterocycles. The molecule has 2 saturated heterocycles. The quantitative estimate of drug-likeness (QED) is 0.774. The molecule has 0 saturated carbocycles. The largest absolute Gasteiger partial charge is 0.459 e. The van der Waals surface area contributed by atoms with Gasteiger partial charge in [0.25, 0.3) is 11.8 Å². The Morgan fingerprint density at radius 2 is 2.17 bits per heavy atom. The number of carbonyl (C=O) groups is 2. The van der Waals surface area contributed by atoms with Crippen LogP contribution < -0.4 is 5.32 Å². The summed E-state index contributed by atoms with van der Waals surface area (Å²) in [5.74, 6) is 1.96. The Morgan fingerprint density at radius 1 is 1.28 bits per heavy atom. The molecule has 2 aliphatic rings. The summed E-state index contributed by atoms with van der Waals surface area (Å²) in [7, 11) is 0. The van der Waals surface area contributed by atoms with Crippen molar-refractivity contribution in [2.75, 3.05) is 30.0 Å². The van der Waals surface area contributed by atoms with Gasteiger partial charge in [0.15, 0.2) is 5.76 Å². The Bertz CT molecular complexity index is 856. The van der Waals surface area contributed by atoms with Gasteiger partial charge in [0.1, 0.15) is 0 Å². The molecule has 4 rings (SSSR count). The lowest BCUT2D eigenvalue weighted by Gasteiger charge is -2.31. The van der Waals surface area contributed by atoms with Crippen molar-refractivity contribution in [2.45, 2.75) is 38.3 Å². The number of ether oxygens (including phenoxy) is 1. The predicted octanol–water partition coefficient (Wildman–Crippen LogP) is 3.97. The minimum Gasteiger partial charge on any atom is -0.459 e. The van der Waals surface area contributed by atoms with Gasteiger partial charge in [0, 0.05) is 36.2 Å². The monoisotopic (exact) mass is 414 g/mol. The molecular weight excluding hydrogens is 388 g/mol. The first kappa shape index (κ1) is 20.0. The van der Waals surface area contributed by atoms with E-state index in [0.717, 1.165) is 42.9 Å². The van der Waals surface area contributed by atoms with Crippen molar-refractivity contribution in [1.82, 2.24) is 4.90 Å². The molecular formula is C22H26N2O4S. The molecule has 2 fully saturated rings. The number of furan rings is 1. The first-order valence-corrected chi connectivity index (χ1v) is 11.2. The summed E-state index contributed by atoms with van der Waals surface area (Å²) in [6.07, 6.45) is 4.65. The minimum absolute atomic E-state index is 0.00139. The molecule has 0 unspecified atom stereocenters. The van der Waals surface area contributed by atoms with E-state index in [0.29, 0.717) is 17.8 Å². The number of thioether (sulfide) groups is 1. The van der Waals surface area contributed by atoms with E-state index in [-0.39, 0.29) is 29.7 Å². The molecule has 1 aromatic carbocycles. The smallest absolute Gasteiger partial charge is 0.291 e. The van der Waals surface area contributed by atoms with Crippen LogP contribution in [-0.2, 0) is 4.74 Å². The molecule has 0 radical (unpaired) electrons. The van der Waals surface area contributed by atoms with Crippen molar-refractivity contribution in [2.24, 2.45) is 0 Å². The van der Waals surface area contributed by atoms with Crippen LogP contribution in [-0.4, -0.2) is 53.5 Å². The zero-order valence-corrected chi connectivity index (χ0v) is 17.4. The molecule has 2 aromatic rings. The van der Waals surface area contributed by atoms with Gasteiger partial charge in [-0.15, -0.1) is 0 Å². The van der Waals surface area contributed by atoms with E-state index in [9.17, 15) is 9.59 Å². The lowest BCUT2D eigenvalue weighted by Crippen LogP contribution is -2.44. The summed E-state index contributed by atoms with van der Waals surface area (Å²) in [6, 6.07) is 9.00. The molecule has 6 nitrogen and oxygen atoms in total. The van der Waals surface area contributed by atoms with Crippen LogP contribution in [0.15, 0.2) is 41.0 Å². The molecule has 29 heavy (non-hydrogen) atoms. The van der Waals surface area contributed by atoms with Crippen molar-refractivity contribution in [1.29, 1.82) is 0 Å². The van der Waals surface area contributed by atoms with Gasteiger partial charge < -0.3 is 19.4 Å². The highest BCUT2D eigenvalue weighted by Gasteiger charge is 2.31. The Hall–Kier alpha value is -2.25. The van der Waals surface area contributed by atoms with E-state index in [4.69, 9.17) is 9.15 Å². The number of hydrogen-bond donors (Lipinski definition) is 1. The third-order valence-electron chi connectivity index (χ3n) is 5.51. The minimum atomic E-state index is -0.328. The standard InChI is InChI=1S/C22H26N2O4S/c1-15-6-7-16(12-19(15)23-21(25)20-5-3-10-28-20)22(26)24(17-8-11-29-14-17)13-18-4-2-9-27-18/h3,5-7,10,12,17-18H,2,4,8-9,11,13-14H2,1H3,(H,23,25)/t17-,18+/m0/s1. The fourth-order valence-electron chi connectivity index (χ4n) is 3.82. The first-order chi connectivity index (χ1) is 14.1. The topological polar surface area (TPSA) is 71.8 Å². The molecule has 3 heterocycles. The van der Waals surface area contributed by atoms with E-state index < -0.39 is 0 Å². The van der Waals surface area contributed by atoms with Crippen LogP contribution in [0, 0.1) is 6.92 Å². The summed E-state index contributed by atoms with van der Waals surface area (Å²) in [5, 5.41) is 2.86. The number of aryl methyl sites for hydroxylation is 1. The van der Waals surface area contributed by atoms with Gasteiger partial charge in [-0.25, -0.2) is 0 Å². The molecule has 0 bridgehead atoms. The molecule has 0 spiro atoms. The van der Waals surface area contributed by atoms with Crippen molar-refractivity contribution in [3.05, 3.63) is 53.5 Å². The highest BCUT2D eigenvalue weighted by atomic mass is 32.2. The highest BCUT2D eigenvalue weighted by molar-refractivity contribution is 7.99. The lowest BCUT2D eigenvalue weighted by molar-refractivity contribution is 0.0442. The maximum absolute atomic E-state index is 13.4. The van der Waals surface area contributed by atoms with E-state index in [2.05, 4.69) is 5.32 Å². The Balaban J connectivity index is 1.54. The maximum atomic E-state index is 13.4. The Morgan fingerprint density at radius 3 is 2.86 bits per heavy atom. The third kappa shape index (κ3) is 4.67. The Kier molecular flexibility index (Phi) is 6.25. The summed E-state index contributed by atoms with van der Waals surface area (Å²) in [5.41, 5.74) is 2.10. The van der Waals surface area contributed by atoms with Gasteiger partial charge in [0.05, 0.1) is 12.4 Å². The van der Waals surface area contributed by atoms with Gasteiger partial charge in [-0.3, -0.25) is 9.59 Å². The molecule has 2 amide bonds. The van der Waals surface area contributed by atoms with Crippen LogP contribution in [0.4, 0.5) is 5.69 Å². The van der Waals surface area contributed by atoms with Crippen LogP contribution in [0.1, 0.15) is 45.7 Å². The number of nitrogens with one attached hydrogen (secondary N) is 1. The van der Waals surface area contributed by atoms with E-state index in [1.54, 1.807) is 18.2 Å². The summed E-state index contributed by atoms with van der Waals surface area (Å²) in [6.45, 7) is 3.31. The number of anilines is 1. The zero-order chi connectivity index (χ0) is 20.2. The number of hydrogen-bond acceptors (Lipinski definition) is 5. The van der Waals surface area contributed by atoms with Gasteiger partial charge >= 0.3 is 0 Å². The number of amides is 2. The van der Waals surface area contributed by atoms with Crippen LogP contribution in [0.3, 0.4) is 0 Å². The molecule has 154 valence electrons. The van der Waals surface area contributed by atoms with Crippen molar-refractivity contribution >= 4 is 29.3 Å². The average Bonchev–Trinajstić information content (AvgIpc) is 3.50. The summed E-state index contributed by atoms with van der Waals surface area (Å²) in [4.78, 5) is 27.8. The van der Waals surface area contributed by atoms with E-state index in [1.807, 2.05) is 35.7 Å². The second-order valence-electron chi connectivity index (χ2n) is 7.57. The number of nitrogens with zero attached hydrogens (tertiary/aromatic N) is 1. The normalized spacial score (nSPS) is 21.3. The number of rotatable bonds is 6. The molecule has 1 N–H and O–H groups in total. The van der Waals surface area contributed by atoms with Crippen molar-refractivity contribution in [3.8, 4) is 0 Å². The first-order valence-electron chi connectivity index (χ1n) is 10.1. The van der Waals surface area contributed by atoms with Gasteiger partial charge in [-0.2, -0.15) is 11.8 Å². The Labute approximate surface area is 175 Å². The number of carbonyl (C=O) groups excluding carboxylic acids is 2. The van der Waals surface area contributed by atoms with Crippen molar-refractivity contribution < 1.29 is 18.7 Å². The fourth-order valence-corrected chi connectivity index (χ4v) is 5.04. The van der Waals surface area contributed by atoms with Crippen molar-refractivity contribution in [3.63, 3.8) is 0 Å². The fraction of sp³-hybridized carbons (Fsp3) is 0.455. The highest BCUT2D eigenvalue weighted by Crippen LogP contribution is 2.27. The van der Waals surface area contributed by atoms with E-state index in [1.165, 1.54) is 6.26 Å². The molecule has 0 aliphatic carbocycles. The van der Waals surface area contributed by atoms with Crippen LogP contribution in [0.5, 0.6) is 0 Å². The second-order valence-corrected chi connectivity index (χ2v) is 8.72. The third-order valence-corrected chi connectivity index (χ3v) is 6.65. The molecule has 2 aliphatic heterocycles. The van der Waals surface area contributed by atoms with E-state index >= 15 is 0 Å². The summed E-state index contributed by atoms with van der Waals surface area (Å²) >= 11 is 1.89. The van der Waals surface area contributed by atoms with Gasteiger partial charge in [-0.05, 0) is 61.8 Å². The lowest BCUT2D eigenvalue weighted by atomic mass is 10.1. The predicted molar refractivity (Wildman–Crippen MR) is 114 cm³/mol. The maximum Gasteiger partial charge on any atom is 0.291 e. The van der Waals surface area contributed by atoms with Crippen LogP contribution in [0.2, 0.25) is 0 Å². The average molecular weight is 415 g/mol. The van der Waals surface area contributed by atoms with Crippen LogP contribution >= 0.6 is 11.8 Å². The van der Waals surface area contributed by atoms with Gasteiger partial charge in [0.2, 0.25) is 0 Å². The summed E-state index contributed by atoms with van der Waals surface area (Å²) < 4.78 is 11.0. The zero-order valence-electron chi connectivity index (χ0n) is 16.6. The van der Waals surface area contributed by atoms with Crippen LogP contribution in [0.25, 0.3) is 0 Å². The van der Waals surface area contributed by atoms with Gasteiger partial charge in [-0.1, -0.05) is 6.07 Å². The SMILES string of the molecule is Cc1ccc(C(=O)N(C[C@H]2CCCO2)[C@H]2CCSC2)cc1NC(=O)c1ccco1. The molecule has 7 heteroatoms. The molecule has 2 atom stereocenters. The number of benzene rings is 1.